The van der Waals surface area contributed by atoms with E-state index in [0.29, 0.717) is 22.8 Å². The summed E-state index contributed by atoms with van der Waals surface area (Å²) >= 11 is 6.05. The van der Waals surface area contributed by atoms with Crippen LogP contribution in [0.1, 0.15) is 12.5 Å². The summed E-state index contributed by atoms with van der Waals surface area (Å²) in [6.45, 7) is 4.16. The largest absolute Gasteiger partial charge is 0.369 e. The first-order valence-electron chi connectivity index (χ1n) is 4.86. The van der Waals surface area contributed by atoms with Crippen LogP contribution in [0.2, 0.25) is 5.02 Å². The lowest BCUT2D eigenvalue weighted by atomic mass is 10.2. The van der Waals surface area contributed by atoms with Crippen LogP contribution < -0.4 is 10.6 Å². The fourth-order valence-corrected chi connectivity index (χ4v) is 1.65. The van der Waals surface area contributed by atoms with Crippen molar-refractivity contribution in [1.82, 2.24) is 0 Å². The Morgan fingerprint density at radius 3 is 2.67 bits per heavy atom. The van der Waals surface area contributed by atoms with Crippen molar-refractivity contribution in [3.05, 3.63) is 28.5 Å². The molecular weight excluding hydrogens is 215 g/mol. The number of nitrogens with two attached hydrogens (primary N) is 1. The van der Waals surface area contributed by atoms with E-state index >= 15 is 0 Å². The van der Waals surface area contributed by atoms with Gasteiger partial charge in [0.05, 0.1) is 10.7 Å². The molecule has 0 spiro atoms. The lowest BCUT2D eigenvalue weighted by Crippen LogP contribution is -2.35. The van der Waals surface area contributed by atoms with E-state index in [1.165, 1.54) is 6.07 Å². The minimum absolute atomic E-state index is 0.129. The summed E-state index contributed by atoms with van der Waals surface area (Å²) in [5.41, 5.74) is 6.78. The van der Waals surface area contributed by atoms with Gasteiger partial charge >= 0.3 is 0 Å². The highest BCUT2D eigenvalue weighted by Gasteiger charge is 2.13. The van der Waals surface area contributed by atoms with Gasteiger partial charge in [-0.15, -0.1) is 0 Å². The van der Waals surface area contributed by atoms with Crippen molar-refractivity contribution in [2.24, 2.45) is 5.73 Å². The highest BCUT2D eigenvalue weighted by Crippen LogP contribution is 2.28. The molecule has 0 fully saturated rings. The predicted octanol–water partition coefficient (Wildman–Crippen LogP) is 2.57. The molecule has 0 saturated heterocycles. The first kappa shape index (κ1) is 12.3. The maximum atomic E-state index is 13.4. The smallest absolute Gasteiger partial charge is 0.128 e. The van der Waals surface area contributed by atoms with Crippen LogP contribution >= 0.6 is 11.6 Å². The molecule has 0 heterocycles. The number of benzene rings is 1. The summed E-state index contributed by atoms with van der Waals surface area (Å²) in [5.74, 6) is -0.245. The van der Waals surface area contributed by atoms with Crippen molar-refractivity contribution in [2.75, 3.05) is 18.5 Å². The van der Waals surface area contributed by atoms with E-state index in [4.69, 9.17) is 17.3 Å². The van der Waals surface area contributed by atoms with E-state index in [-0.39, 0.29) is 11.9 Å². The molecule has 1 atom stereocenters. The standard InChI is InChI=1S/C11H16ClFN2/c1-7-4-9(12)11(5-10(7)13)15(3)8(2)6-14/h4-5,8H,6,14H2,1-3H3. The second-order valence-electron chi connectivity index (χ2n) is 3.75. The zero-order valence-corrected chi connectivity index (χ0v) is 9.98. The molecule has 0 amide bonds. The Balaban J connectivity index is 3.09. The molecule has 2 nitrogen and oxygen atoms in total. The third kappa shape index (κ3) is 2.61. The third-order valence-corrected chi connectivity index (χ3v) is 2.91. The van der Waals surface area contributed by atoms with Crippen LogP contribution in [-0.4, -0.2) is 19.6 Å². The minimum atomic E-state index is -0.245. The first-order chi connectivity index (χ1) is 6.97. The van der Waals surface area contributed by atoms with Crippen molar-refractivity contribution in [3.8, 4) is 0 Å². The Bertz CT molecular complexity index is 355. The average Bonchev–Trinajstić information content (AvgIpc) is 2.21. The van der Waals surface area contributed by atoms with Gasteiger partial charge in [-0.1, -0.05) is 11.6 Å². The van der Waals surface area contributed by atoms with Crippen LogP contribution in [0.3, 0.4) is 0 Å². The van der Waals surface area contributed by atoms with Gasteiger partial charge in [0.1, 0.15) is 5.82 Å². The van der Waals surface area contributed by atoms with E-state index in [2.05, 4.69) is 0 Å². The number of aryl methyl sites for hydroxylation is 1. The minimum Gasteiger partial charge on any atom is -0.369 e. The fourth-order valence-electron chi connectivity index (χ4n) is 1.30. The van der Waals surface area contributed by atoms with E-state index in [1.54, 1.807) is 13.0 Å². The van der Waals surface area contributed by atoms with Crippen LogP contribution in [0.5, 0.6) is 0 Å². The maximum Gasteiger partial charge on any atom is 0.128 e. The topological polar surface area (TPSA) is 29.3 Å². The van der Waals surface area contributed by atoms with Crippen LogP contribution in [0.25, 0.3) is 0 Å². The molecular formula is C11H16ClFN2. The number of halogens is 2. The van der Waals surface area contributed by atoms with Crippen LogP contribution in [-0.2, 0) is 0 Å². The summed E-state index contributed by atoms with van der Waals surface area (Å²) < 4.78 is 13.4. The summed E-state index contributed by atoms with van der Waals surface area (Å²) in [6.07, 6.45) is 0. The average molecular weight is 231 g/mol. The van der Waals surface area contributed by atoms with Gasteiger partial charge in [-0.2, -0.15) is 0 Å². The van der Waals surface area contributed by atoms with Gasteiger partial charge in [0.15, 0.2) is 0 Å². The molecule has 15 heavy (non-hydrogen) atoms. The van der Waals surface area contributed by atoms with Crippen LogP contribution in [0.15, 0.2) is 12.1 Å². The number of hydrogen-bond acceptors (Lipinski definition) is 2. The van der Waals surface area contributed by atoms with Gasteiger partial charge < -0.3 is 10.6 Å². The predicted molar refractivity (Wildman–Crippen MR) is 63.1 cm³/mol. The molecule has 0 saturated carbocycles. The van der Waals surface area contributed by atoms with Crippen molar-refractivity contribution < 1.29 is 4.39 Å². The Morgan fingerprint density at radius 1 is 1.53 bits per heavy atom. The fraction of sp³-hybridized carbons (Fsp3) is 0.455. The van der Waals surface area contributed by atoms with E-state index < -0.39 is 0 Å². The Hall–Kier alpha value is -0.800. The molecule has 1 aromatic carbocycles. The third-order valence-electron chi connectivity index (χ3n) is 2.61. The van der Waals surface area contributed by atoms with Gasteiger partial charge in [-0.25, -0.2) is 4.39 Å². The van der Waals surface area contributed by atoms with Gasteiger partial charge in [0.2, 0.25) is 0 Å². The Kier molecular flexibility index (Phi) is 3.94. The number of hydrogen-bond donors (Lipinski definition) is 1. The lowest BCUT2D eigenvalue weighted by molar-refractivity contribution is 0.615. The molecule has 0 aliphatic rings. The molecule has 84 valence electrons. The zero-order valence-electron chi connectivity index (χ0n) is 9.22. The summed E-state index contributed by atoms with van der Waals surface area (Å²) in [4.78, 5) is 1.88. The Labute approximate surface area is 94.8 Å². The van der Waals surface area contributed by atoms with Crippen LogP contribution in [0, 0.1) is 12.7 Å². The van der Waals surface area contributed by atoms with E-state index in [1.807, 2.05) is 18.9 Å². The zero-order chi connectivity index (χ0) is 11.6. The highest BCUT2D eigenvalue weighted by molar-refractivity contribution is 6.33. The van der Waals surface area contributed by atoms with Gasteiger partial charge in [0.25, 0.3) is 0 Å². The van der Waals surface area contributed by atoms with E-state index in [0.717, 1.165) is 0 Å². The molecule has 1 rings (SSSR count). The van der Waals surface area contributed by atoms with Crippen molar-refractivity contribution in [3.63, 3.8) is 0 Å². The monoisotopic (exact) mass is 230 g/mol. The molecule has 0 bridgehead atoms. The second kappa shape index (κ2) is 4.81. The highest BCUT2D eigenvalue weighted by atomic mass is 35.5. The van der Waals surface area contributed by atoms with Crippen molar-refractivity contribution >= 4 is 17.3 Å². The molecule has 2 N–H and O–H groups in total. The quantitative estimate of drug-likeness (QED) is 0.865. The maximum absolute atomic E-state index is 13.4. The molecule has 1 aromatic rings. The van der Waals surface area contributed by atoms with Gasteiger partial charge in [-0.3, -0.25) is 0 Å². The molecule has 0 aliphatic heterocycles. The first-order valence-corrected chi connectivity index (χ1v) is 5.23. The van der Waals surface area contributed by atoms with Crippen molar-refractivity contribution in [1.29, 1.82) is 0 Å². The molecule has 0 aromatic heterocycles. The summed E-state index contributed by atoms with van der Waals surface area (Å²) in [5, 5.41) is 0.553. The molecule has 4 heteroatoms. The molecule has 0 aliphatic carbocycles. The normalized spacial score (nSPS) is 12.7. The summed E-state index contributed by atoms with van der Waals surface area (Å²) in [6, 6.07) is 3.21. The second-order valence-corrected chi connectivity index (χ2v) is 4.16. The number of anilines is 1. The molecule has 1 unspecified atom stereocenters. The van der Waals surface area contributed by atoms with Gasteiger partial charge in [0, 0.05) is 19.6 Å². The Morgan fingerprint density at radius 2 is 2.13 bits per heavy atom. The SMILES string of the molecule is Cc1cc(Cl)c(N(C)C(C)CN)cc1F. The number of likely N-dealkylation sites (N-methyl/N-ethyl adjacent to an activating group) is 1. The molecule has 0 radical (unpaired) electrons. The lowest BCUT2D eigenvalue weighted by Gasteiger charge is -2.27. The number of rotatable bonds is 3. The van der Waals surface area contributed by atoms with Gasteiger partial charge in [-0.05, 0) is 31.5 Å². The summed E-state index contributed by atoms with van der Waals surface area (Å²) in [7, 11) is 1.85. The van der Waals surface area contributed by atoms with E-state index in [9.17, 15) is 4.39 Å². The van der Waals surface area contributed by atoms with Crippen LogP contribution in [0.4, 0.5) is 10.1 Å². The van der Waals surface area contributed by atoms with Crippen molar-refractivity contribution in [2.45, 2.75) is 19.9 Å². The number of nitrogens with zero attached hydrogens (tertiary/aromatic N) is 1.